The Labute approximate surface area is 172 Å². The zero-order valence-corrected chi connectivity index (χ0v) is 18.8. The zero-order valence-electron chi connectivity index (χ0n) is 18.0. The van der Waals surface area contributed by atoms with E-state index in [9.17, 15) is 9.59 Å². The molecule has 0 aliphatic rings. The Hall–Kier alpha value is -1.67. The second kappa shape index (κ2) is 10.8. The van der Waals surface area contributed by atoms with E-state index in [0.29, 0.717) is 24.6 Å². The molecule has 8 heteroatoms. The average molecular weight is 415 g/mol. The van der Waals surface area contributed by atoms with Crippen molar-refractivity contribution in [1.82, 2.24) is 9.88 Å². The second-order valence-electron chi connectivity index (χ2n) is 8.04. The van der Waals surface area contributed by atoms with Crippen LogP contribution in [0, 0.1) is 5.92 Å². The predicted octanol–water partition coefficient (Wildman–Crippen LogP) is 4.98. The molecular weight excluding hydrogens is 380 g/mol. The van der Waals surface area contributed by atoms with Crippen LogP contribution in [-0.4, -0.2) is 51.8 Å². The number of thiazole rings is 1. The van der Waals surface area contributed by atoms with Crippen molar-refractivity contribution in [1.29, 1.82) is 0 Å². The smallest absolute Gasteiger partial charge is 0.410 e. The standard InChI is InChI=1S/C20H34N2O5S/c1-8-10-22(19(25)27-20(5,6)7)15(13(3)4)11-16(26-9-2)17-21-14(12-28-17)18(23)24/h12-13,15-16H,8-11H2,1-7H3,(H,23,24). The number of amides is 1. The Kier molecular flexibility index (Phi) is 9.36. The third-order valence-corrected chi connectivity index (χ3v) is 5.04. The number of ether oxygens (including phenoxy) is 2. The molecular formula is C20H34N2O5S. The monoisotopic (exact) mass is 414 g/mol. The van der Waals surface area contributed by atoms with Gasteiger partial charge in [-0.15, -0.1) is 11.3 Å². The van der Waals surface area contributed by atoms with Gasteiger partial charge in [0.1, 0.15) is 16.7 Å². The number of aromatic carboxylic acids is 1. The van der Waals surface area contributed by atoms with Gasteiger partial charge < -0.3 is 19.5 Å². The van der Waals surface area contributed by atoms with Gasteiger partial charge in [0, 0.05) is 31.0 Å². The minimum absolute atomic E-state index is 0.0170. The molecule has 2 atom stereocenters. The molecule has 0 aliphatic heterocycles. The van der Waals surface area contributed by atoms with Crippen LogP contribution in [0.15, 0.2) is 5.38 Å². The van der Waals surface area contributed by atoms with E-state index < -0.39 is 11.6 Å². The highest BCUT2D eigenvalue weighted by molar-refractivity contribution is 7.09. The van der Waals surface area contributed by atoms with Crippen molar-refractivity contribution in [2.24, 2.45) is 5.92 Å². The fourth-order valence-corrected chi connectivity index (χ4v) is 3.76. The van der Waals surface area contributed by atoms with E-state index in [4.69, 9.17) is 14.6 Å². The molecule has 0 radical (unpaired) electrons. The number of hydrogen-bond donors (Lipinski definition) is 1. The fraction of sp³-hybridized carbons (Fsp3) is 0.750. The lowest BCUT2D eigenvalue weighted by Gasteiger charge is -2.37. The molecule has 28 heavy (non-hydrogen) atoms. The topological polar surface area (TPSA) is 89.0 Å². The van der Waals surface area contributed by atoms with Crippen molar-refractivity contribution >= 4 is 23.4 Å². The Morgan fingerprint density at radius 1 is 1.29 bits per heavy atom. The normalized spacial score (nSPS) is 14.0. The highest BCUT2D eigenvalue weighted by Gasteiger charge is 2.33. The molecule has 0 saturated carbocycles. The minimum Gasteiger partial charge on any atom is -0.476 e. The summed E-state index contributed by atoms with van der Waals surface area (Å²) in [5, 5.41) is 11.3. The molecule has 0 aromatic carbocycles. The van der Waals surface area contributed by atoms with Crippen LogP contribution in [0.4, 0.5) is 4.79 Å². The minimum atomic E-state index is -1.06. The van der Waals surface area contributed by atoms with E-state index in [1.54, 1.807) is 4.90 Å². The maximum absolute atomic E-state index is 12.8. The van der Waals surface area contributed by atoms with Gasteiger partial charge in [-0.1, -0.05) is 20.8 Å². The summed E-state index contributed by atoms with van der Waals surface area (Å²) >= 11 is 1.27. The highest BCUT2D eigenvalue weighted by Crippen LogP contribution is 2.31. The first kappa shape index (κ1) is 24.4. The van der Waals surface area contributed by atoms with Crippen molar-refractivity contribution in [3.05, 3.63) is 16.1 Å². The quantitative estimate of drug-likeness (QED) is 0.581. The molecule has 160 valence electrons. The molecule has 0 spiro atoms. The van der Waals surface area contributed by atoms with Gasteiger partial charge in [0.2, 0.25) is 0 Å². The van der Waals surface area contributed by atoms with Crippen LogP contribution < -0.4 is 0 Å². The molecule has 0 bridgehead atoms. The second-order valence-corrected chi connectivity index (χ2v) is 8.93. The van der Waals surface area contributed by atoms with Crippen molar-refractivity contribution in [3.8, 4) is 0 Å². The van der Waals surface area contributed by atoms with Crippen LogP contribution in [-0.2, 0) is 9.47 Å². The van der Waals surface area contributed by atoms with Crippen LogP contribution in [0.1, 0.15) is 82.9 Å². The van der Waals surface area contributed by atoms with Crippen LogP contribution in [0.3, 0.4) is 0 Å². The van der Waals surface area contributed by atoms with E-state index in [1.807, 2.05) is 34.6 Å². The molecule has 0 fully saturated rings. The van der Waals surface area contributed by atoms with Crippen LogP contribution in [0.2, 0.25) is 0 Å². The molecule has 1 amide bonds. The summed E-state index contributed by atoms with van der Waals surface area (Å²) in [4.78, 5) is 30.0. The number of aromatic nitrogens is 1. The molecule has 1 aromatic heterocycles. The van der Waals surface area contributed by atoms with E-state index in [1.165, 1.54) is 16.7 Å². The summed E-state index contributed by atoms with van der Waals surface area (Å²) in [6, 6.07) is -0.122. The predicted molar refractivity (Wildman–Crippen MR) is 110 cm³/mol. The number of nitrogens with zero attached hydrogens (tertiary/aromatic N) is 2. The summed E-state index contributed by atoms with van der Waals surface area (Å²) in [6.45, 7) is 14.6. The Morgan fingerprint density at radius 2 is 1.93 bits per heavy atom. The molecule has 0 aliphatic carbocycles. The maximum Gasteiger partial charge on any atom is 0.410 e. The Morgan fingerprint density at radius 3 is 2.36 bits per heavy atom. The third kappa shape index (κ3) is 7.39. The first-order valence-corrected chi connectivity index (χ1v) is 10.7. The average Bonchev–Trinajstić information content (AvgIpc) is 3.05. The van der Waals surface area contributed by atoms with E-state index >= 15 is 0 Å². The molecule has 1 N–H and O–H groups in total. The van der Waals surface area contributed by atoms with Crippen molar-refractivity contribution in [3.63, 3.8) is 0 Å². The van der Waals surface area contributed by atoms with Gasteiger partial charge in [-0.25, -0.2) is 14.6 Å². The van der Waals surface area contributed by atoms with Gasteiger partial charge in [0.05, 0.1) is 0 Å². The van der Waals surface area contributed by atoms with Crippen LogP contribution in [0.25, 0.3) is 0 Å². The molecule has 1 aromatic rings. The summed E-state index contributed by atoms with van der Waals surface area (Å²) in [6.07, 6.45) is 0.616. The fourth-order valence-electron chi connectivity index (χ4n) is 2.91. The lowest BCUT2D eigenvalue weighted by atomic mass is 9.96. The van der Waals surface area contributed by atoms with E-state index in [-0.39, 0.29) is 29.9 Å². The molecule has 1 heterocycles. The number of carbonyl (C=O) groups is 2. The number of carboxylic acids is 1. The number of hydrogen-bond acceptors (Lipinski definition) is 6. The van der Waals surface area contributed by atoms with E-state index in [0.717, 1.165) is 6.42 Å². The number of carbonyl (C=O) groups excluding carboxylic acids is 1. The van der Waals surface area contributed by atoms with Gasteiger partial charge in [0.15, 0.2) is 5.69 Å². The third-order valence-electron chi connectivity index (χ3n) is 4.10. The zero-order chi connectivity index (χ0) is 21.5. The summed E-state index contributed by atoms with van der Waals surface area (Å²) in [5.41, 5.74) is -0.557. The number of rotatable bonds is 10. The van der Waals surface area contributed by atoms with Gasteiger partial charge >= 0.3 is 12.1 Å². The highest BCUT2D eigenvalue weighted by atomic mass is 32.1. The maximum atomic E-state index is 12.8. The Balaban J connectivity index is 3.12. The van der Waals surface area contributed by atoms with Gasteiger partial charge in [-0.2, -0.15) is 0 Å². The van der Waals surface area contributed by atoms with Crippen molar-refractivity contribution < 1.29 is 24.2 Å². The summed E-state index contributed by atoms with van der Waals surface area (Å²) in [5.74, 6) is -0.888. The van der Waals surface area contributed by atoms with Crippen LogP contribution >= 0.6 is 11.3 Å². The lowest BCUT2D eigenvalue weighted by Crippen LogP contribution is -2.47. The van der Waals surface area contributed by atoms with Crippen molar-refractivity contribution in [2.75, 3.05) is 13.2 Å². The Bertz CT molecular complexity index is 639. The molecule has 7 nitrogen and oxygen atoms in total. The van der Waals surface area contributed by atoms with E-state index in [2.05, 4.69) is 18.8 Å². The summed E-state index contributed by atoms with van der Waals surface area (Å²) < 4.78 is 11.5. The summed E-state index contributed by atoms with van der Waals surface area (Å²) in [7, 11) is 0. The SMILES string of the molecule is CCCN(C(=O)OC(C)(C)C)C(CC(OCC)c1nc(C(=O)O)cs1)C(C)C. The van der Waals surface area contributed by atoms with Gasteiger partial charge in [-0.05, 0) is 40.0 Å². The number of carboxylic acid groups (broad SMARTS) is 1. The largest absolute Gasteiger partial charge is 0.476 e. The van der Waals surface area contributed by atoms with Crippen LogP contribution in [0.5, 0.6) is 0 Å². The molecule has 0 saturated heterocycles. The first-order chi connectivity index (χ1) is 13.0. The molecule has 1 rings (SSSR count). The lowest BCUT2D eigenvalue weighted by molar-refractivity contribution is -0.00778. The van der Waals surface area contributed by atoms with Crippen molar-refractivity contribution in [2.45, 2.75) is 79.1 Å². The van der Waals surface area contributed by atoms with Gasteiger partial charge in [-0.3, -0.25) is 0 Å². The molecule has 2 unspecified atom stereocenters. The first-order valence-electron chi connectivity index (χ1n) is 9.80. The van der Waals surface area contributed by atoms with Gasteiger partial charge in [0.25, 0.3) is 0 Å².